The van der Waals surface area contributed by atoms with Gasteiger partial charge in [0.15, 0.2) is 5.13 Å². The van der Waals surface area contributed by atoms with Gasteiger partial charge in [0.05, 0.1) is 11.4 Å². The number of thiazole rings is 1. The number of anilines is 1. The molecule has 26 heavy (non-hydrogen) atoms. The number of hydrogen-bond acceptors (Lipinski definition) is 4. The van der Waals surface area contributed by atoms with Gasteiger partial charge in [-0.15, -0.1) is 11.3 Å². The number of carbonyl (C=O) groups is 1. The highest BCUT2D eigenvalue weighted by Crippen LogP contribution is 2.31. The highest BCUT2D eigenvalue weighted by Gasteiger charge is 2.14. The Morgan fingerprint density at radius 2 is 1.92 bits per heavy atom. The van der Waals surface area contributed by atoms with E-state index in [1.807, 2.05) is 56.8 Å². The minimum Gasteiger partial charge on any atom is -0.302 e. The second-order valence-corrected chi connectivity index (χ2v) is 7.89. The molecule has 7 heteroatoms. The molecule has 0 aliphatic rings. The number of hydrogen-bond donors (Lipinski definition) is 1. The van der Waals surface area contributed by atoms with E-state index in [0.29, 0.717) is 23.0 Å². The lowest BCUT2D eigenvalue weighted by molar-refractivity contribution is -0.116. The first-order valence-electron chi connectivity index (χ1n) is 8.37. The van der Waals surface area contributed by atoms with Crippen LogP contribution in [0.25, 0.3) is 11.3 Å². The molecule has 0 radical (unpaired) electrons. The molecule has 0 unspecified atom stereocenters. The zero-order valence-electron chi connectivity index (χ0n) is 15.3. The molecule has 0 saturated carbocycles. The Morgan fingerprint density at radius 3 is 2.54 bits per heavy atom. The zero-order chi connectivity index (χ0) is 18.8. The van der Waals surface area contributed by atoms with Gasteiger partial charge in [0, 0.05) is 34.6 Å². The van der Waals surface area contributed by atoms with Crippen molar-refractivity contribution >= 4 is 34.0 Å². The van der Waals surface area contributed by atoms with Gasteiger partial charge >= 0.3 is 0 Å². The predicted molar refractivity (Wildman–Crippen MR) is 107 cm³/mol. The van der Waals surface area contributed by atoms with Crippen LogP contribution < -0.4 is 5.32 Å². The van der Waals surface area contributed by atoms with Crippen LogP contribution in [0.2, 0.25) is 5.02 Å². The molecule has 0 aliphatic heterocycles. The van der Waals surface area contributed by atoms with Crippen LogP contribution in [-0.2, 0) is 18.3 Å². The maximum Gasteiger partial charge on any atom is 0.226 e. The van der Waals surface area contributed by atoms with E-state index >= 15 is 0 Å². The molecular formula is C19H21ClN4OS. The fourth-order valence-electron chi connectivity index (χ4n) is 2.93. The largest absolute Gasteiger partial charge is 0.302 e. The lowest BCUT2D eigenvalue weighted by atomic mass is 10.1. The van der Waals surface area contributed by atoms with Gasteiger partial charge in [0.1, 0.15) is 0 Å². The van der Waals surface area contributed by atoms with Crippen LogP contribution in [0.5, 0.6) is 0 Å². The summed E-state index contributed by atoms with van der Waals surface area (Å²) in [7, 11) is 1.92. The van der Waals surface area contributed by atoms with Crippen molar-refractivity contribution in [2.24, 2.45) is 7.05 Å². The number of carbonyl (C=O) groups excluding carboxylic acids is 1. The Morgan fingerprint density at radius 1 is 1.23 bits per heavy atom. The lowest BCUT2D eigenvalue weighted by Gasteiger charge is -2.03. The number of benzene rings is 1. The first kappa shape index (κ1) is 18.6. The number of halogens is 1. The van der Waals surface area contributed by atoms with Crippen LogP contribution in [0.15, 0.2) is 24.3 Å². The third-order valence-electron chi connectivity index (χ3n) is 4.42. The molecule has 1 N–H and O–H groups in total. The predicted octanol–water partition coefficient (Wildman–Crippen LogP) is 4.69. The van der Waals surface area contributed by atoms with Crippen molar-refractivity contribution in [2.45, 2.75) is 33.6 Å². The number of nitrogens with zero attached hydrogens (tertiary/aromatic N) is 3. The average molecular weight is 389 g/mol. The van der Waals surface area contributed by atoms with Gasteiger partial charge in [0.2, 0.25) is 5.91 Å². The van der Waals surface area contributed by atoms with Crippen LogP contribution in [-0.4, -0.2) is 20.7 Å². The van der Waals surface area contributed by atoms with Crippen molar-refractivity contribution in [2.75, 3.05) is 5.32 Å². The molecule has 1 amide bonds. The molecule has 0 fully saturated rings. The molecule has 1 aromatic carbocycles. The molecular weight excluding hydrogens is 368 g/mol. The topological polar surface area (TPSA) is 59.8 Å². The van der Waals surface area contributed by atoms with E-state index in [1.165, 1.54) is 11.3 Å². The van der Waals surface area contributed by atoms with E-state index in [4.69, 9.17) is 11.6 Å². The van der Waals surface area contributed by atoms with Crippen molar-refractivity contribution in [3.63, 3.8) is 0 Å². The third-order valence-corrected chi connectivity index (χ3v) is 5.56. The fraction of sp³-hybridized carbons (Fsp3) is 0.316. The second-order valence-electron chi connectivity index (χ2n) is 6.25. The normalized spacial score (nSPS) is 11.0. The van der Waals surface area contributed by atoms with Crippen LogP contribution >= 0.6 is 22.9 Å². The molecule has 2 heterocycles. The van der Waals surface area contributed by atoms with Crippen molar-refractivity contribution in [1.82, 2.24) is 14.8 Å². The van der Waals surface area contributed by atoms with Crippen LogP contribution in [0, 0.1) is 20.8 Å². The molecule has 136 valence electrons. The molecule has 0 aliphatic carbocycles. The Bertz CT molecular complexity index is 943. The van der Waals surface area contributed by atoms with Crippen molar-refractivity contribution in [3.8, 4) is 11.3 Å². The van der Waals surface area contributed by atoms with E-state index < -0.39 is 0 Å². The monoisotopic (exact) mass is 388 g/mol. The molecule has 0 saturated heterocycles. The van der Waals surface area contributed by atoms with E-state index in [9.17, 15) is 4.79 Å². The van der Waals surface area contributed by atoms with Crippen molar-refractivity contribution in [1.29, 1.82) is 0 Å². The Balaban J connectivity index is 1.66. The van der Waals surface area contributed by atoms with Gasteiger partial charge in [-0.05, 0) is 44.9 Å². The van der Waals surface area contributed by atoms with Crippen LogP contribution in [0.3, 0.4) is 0 Å². The van der Waals surface area contributed by atoms with Crippen LogP contribution in [0.1, 0.15) is 28.2 Å². The van der Waals surface area contributed by atoms with Gasteiger partial charge in [-0.3, -0.25) is 9.48 Å². The SMILES string of the molecule is Cc1nn(C)c(C)c1CCC(=O)Nc1nc(-c2ccc(Cl)cc2)c(C)s1. The van der Waals surface area contributed by atoms with Gasteiger partial charge in [-0.2, -0.15) is 5.10 Å². The average Bonchev–Trinajstić information content (AvgIpc) is 3.06. The Kier molecular flexibility index (Phi) is 5.44. The van der Waals surface area contributed by atoms with Gasteiger partial charge < -0.3 is 5.32 Å². The van der Waals surface area contributed by atoms with Crippen molar-refractivity contribution in [3.05, 3.63) is 51.1 Å². The molecule has 3 rings (SSSR count). The first-order chi connectivity index (χ1) is 12.3. The van der Waals surface area contributed by atoms with Gasteiger partial charge in [-0.1, -0.05) is 23.7 Å². The number of aryl methyl sites for hydroxylation is 3. The van der Waals surface area contributed by atoms with Crippen molar-refractivity contribution < 1.29 is 4.79 Å². The summed E-state index contributed by atoms with van der Waals surface area (Å²) in [5.74, 6) is -0.0379. The van der Waals surface area contributed by atoms with Crippen LogP contribution in [0.4, 0.5) is 5.13 Å². The van der Waals surface area contributed by atoms with E-state index in [2.05, 4.69) is 15.4 Å². The summed E-state index contributed by atoms with van der Waals surface area (Å²) in [5.41, 5.74) is 5.09. The summed E-state index contributed by atoms with van der Waals surface area (Å²) >= 11 is 7.42. The summed E-state index contributed by atoms with van der Waals surface area (Å²) in [5, 5.41) is 8.62. The second kappa shape index (κ2) is 7.60. The summed E-state index contributed by atoms with van der Waals surface area (Å²) < 4.78 is 1.85. The Hall–Kier alpha value is -2.18. The maximum atomic E-state index is 12.3. The summed E-state index contributed by atoms with van der Waals surface area (Å²) in [4.78, 5) is 18.0. The third kappa shape index (κ3) is 3.97. The molecule has 0 spiro atoms. The highest BCUT2D eigenvalue weighted by molar-refractivity contribution is 7.16. The number of nitrogens with one attached hydrogen (secondary N) is 1. The molecule has 3 aromatic rings. The molecule has 0 bridgehead atoms. The molecule has 2 aromatic heterocycles. The minimum absolute atomic E-state index is 0.0379. The number of aromatic nitrogens is 3. The fourth-order valence-corrected chi connectivity index (χ4v) is 3.90. The Labute approximate surface area is 162 Å². The van der Waals surface area contributed by atoms with Gasteiger partial charge in [0.25, 0.3) is 0 Å². The lowest BCUT2D eigenvalue weighted by Crippen LogP contribution is -2.12. The highest BCUT2D eigenvalue weighted by atomic mass is 35.5. The van der Waals surface area contributed by atoms with E-state index in [-0.39, 0.29) is 5.91 Å². The standard InChI is InChI=1S/C19H21ClN4OS/c1-11-16(12(2)24(4)23-11)9-10-17(25)21-19-22-18(13(3)26-19)14-5-7-15(20)8-6-14/h5-8H,9-10H2,1-4H3,(H,21,22,25). The summed E-state index contributed by atoms with van der Waals surface area (Å²) in [6.45, 7) is 6.00. The smallest absolute Gasteiger partial charge is 0.226 e. The van der Waals surface area contributed by atoms with Gasteiger partial charge in [-0.25, -0.2) is 4.98 Å². The molecule has 5 nitrogen and oxygen atoms in total. The summed E-state index contributed by atoms with van der Waals surface area (Å²) in [6.07, 6.45) is 1.08. The number of rotatable bonds is 5. The van der Waals surface area contributed by atoms with E-state index in [0.717, 1.165) is 33.1 Å². The summed E-state index contributed by atoms with van der Waals surface area (Å²) in [6, 6.07) is 7.55. The first-order valence-corrected chi connectivity index (χ1v) is 9.57. The maximum absolute atomic E-state index is 12.3. The zero-order valence-corrected chi connectivity index (χ0v) is 16.8. The van der Waals surface area contributed by atoms with E-state index in [1.54, 1.807) is 0 Å². The molecule has 0 atom stereocenters. The minimum atomic E-state index is -0.0379. The number of amides is 1. The quantitative estimate of drug-likeness (QED) is 0.689.